The summed E-state index contributed by atoms with van der Waals surface area (Å²) in [4.78, 5) is 23.3. The van der Waals surface area contributed by atoms with Crippen molar-refractivity contribution < 1.29 is 14.7 Å². The minimum Gasteiger partial charge on any atom is -0.389 e. The molecule has 0 radical (unpaired) electrons. The van der Waals surface area contributed by atoms with Gasteiger partial charge in [-0.3, -0.25) is 9.59 Å². The average molecular weight is 289 g/mol. The first-order chi connectivity index (χ1) is 10.1. The van der Waals surface area contributed by atoms with Crippen LogP contribution in [-0.2, 0) is 9.59 Å². The van der Waals surface area contributed by atoms with E-state index >= 15 is 0 Å². The number of Topliss-reactive ketones (excluding diaryl/α,β-unsaturated/α-hetero) is 1. The van der Waals surface area contributed by atoms with Crippen LogP contribution in [0.3, 0.4) is 0 Å². The largest absolute Gasteiger partial charge is 0.389 e. The quantitative estimate of drug-likeness (QED) is 0.617. The van der Waals surface area contributed by atoms with E-state index in [-0.39, 0.29) is 23.8 Å². The normalized spacial score (nSPS) is 24.5. The Kier molecular flexibility index (Phi) is 5.93. The number of nitrogens with one attached hydrogen (secondary N) is 1. The first-order valence-corrected chi connectivity index (χ1v) is 7.74. The van der Waals surface area contributed by atoms with E-state index in [9.17, 15) is 14.7 Å². The molecule has 0 heterocycles. The number of hydrogen-bond donors (Lipinski definition) is 2. The highest BCUT2D eigenvalue weighted by atomic mass is 16.3. The zero-order valence-corrected chi connectivity index (χ0v) is 12.3. The molecule has 0 saturated heterocycles. The topological polar surface area (TPSA) is 66.4 Å². The molecule has 2 rings (SSSR count). The van der Waals surface area contributed by atoms with Crippen LogP contribution in [0.2, 0.25) is 0 Å². The molecule has 1 unspecified atom stereocenters. The number of aliphatic hydroxyl groups is 1. The first-order valence-electron chi connectivity index (χ1n) is 7.74. The summed E-state index contributed by atoms with van der Waals surface area (Å²) in [6, 6.07) is 0. The maximum Gasteiger partial charge on any atom is 0.248 e. The predicted octanol–water partition coefficient (Wildman–Crippen LogP) is 2.40. The van der Waals surface area contributed by atoms with Gasteiger partial charge in [-0.05, 0) is 31.3 Å². The molecule has 1 fully saturated rings. The van der Waals surface area contributed by atoms with Gasteiger partial charge in [0, 0.05) is 12.5 Å². The number of allylic oxidation sites excluding steroid dienone is 4. The zero-order chi connectivity index (χ0) is 15.1. The van der Waals surface area contributed by atoms with Crippen LogP contribution in [-0.4, -0.2) is 22.9 Å². The lowest BCUT2D eigenvalue weighted by atomic mass is 9.89. The van der Waals surface area contributed by atoms with E-state index < -0.39 is 6.10 Å². The van der Waals surface area contributed by atoms with Gasteiger partial charge in [-0.15, -0.1) is 0 Å². The molecule has 1 amide bonds. The van der Waals surface area contributed by atoms with Gasteiger partial charge in [-0.25, -0.2) is 0 Å². The molecule has 2 aliphatic rings. The molecular formula is C17H23NO3. The lowest BCUT2D eigenvalue weighted by molar-refractivity contribution is -0.120. The van der Waals surface area contributed by atoms with Crippen LogP contribution in [0.15, 0.2) is 36.1 Å². The van der Waals surface area contributed by atoms with Crippen LogP contribution in [0.1, 0.15) is 44.9 Å². The molecule has 0 bridgehead atoms. The zero-order valence-electron chi connectivity index (χ0n) is 12.3. The second-order valence-electron chi connectivity index (χ2n) is 5.74. The molecular weight excluding hydrogens is 266 g/mol. The van der Waals surface area contributed by atoms with Gasteiger partial charge in [-0.1, -0.05) is 37.5 Å². The third kappa shape index (κ3) is 5.31. The van der Waals surface area contributed by atoms with Gasteiger partial charge in [0.25, 0.3) is 0 Å². The summed E-state index contributed by atoms with van der Waals surface area (Å²) in [5, 5.41) is 12.0. The van der Waals surface area contributed by atoms with E-state index in [1.165, 1.54) is 44.3 Å². The molecule has 0 aromatic carbocycles. The Balaban J connectivity index is 1.79. The van der Waals surface area contributed by atoms with Gasteiger partial charge in [0.05, 0.1) is 11.8 Å². The van der Waals surface area contributed by atoms with E-state index in [1.807, 2.05) is 6.08 Å². The van der Waals surface area contributed by atoms with E-state index in [1.54, 1.807) is 6.08 Å². The lowest BCUT2D eigenvalue weighted by Crippen LogP contribution is -2.30. The first kappa shape index (κ1) is 15.7. The van der Waals surface area contributed by atoms with E-state index in [2.05, 4.69) is 11.4 Å². The van der Waals surface area contributed by atoms with Crippen molar-refractivity contribution in [3.8, 4) is 0 Å². The Morgan fingerprint density at radius 2 is 1.95 bits per heavy atom. The molecule has 0 aromatic rings. The summed E-state index contributed by atoms with van der Waals surface area (Å²) < 4.78 is 0. The molecule has 4 heteroatoms. The number of hydrogen-bond acceptors (Lipinski definition) is 3. The van der Waals surface area contributed by atoms with Gasteiger partial charge in [-0.2, -0.15) is 0 Å². The fourth-order valence-electron chi connectivity index (χ4n) is 2.76. The minimum absolute atomic E-state index is 0.125. The second-order valence-corrected chi connectivity index (χ2v) is 5.74. The van der Waals surface area contributed by atoms with Gasteiger partial charge in [0.2, 0.25) is 5.91 Å². The smallest absolute Gasteiger partial charge is 0.248 e. The third-order valence-electron chi connectivity index (χ3n) is 3.98. The molecule has 1 atom stereocenters. The highest BCUT2D eigenvalue weighted by Crippen LogP contribution is 2.24. The minimum atomic E-state index is -0.645. The molecule has 0 aliphatic heterocycles. The number of amides is 1. The van der Waals surface area contributed by atoms with Crippen LogP contribution < -0.4 is 5.32 Å². The van der Waals surface area contributed by atoms with Gasteiger partial charge in [0.15, 0.2) is 5.78 Å². The number of ketones is 1. The van der Waals surface area contributed by atoms with Crippen molar-refractivity contribution >= 4 is 11.7 Å². The van der Waals surface area contributed by atoms with Gasteiger partial charge >= 0.3 is 0 Å². The van der Waals surface area contributed by atoms with Crippen molar-refractivity contribution in [1.82, 2.24) is 5.32 Å². The molecule has 2 aliphatic carbocycles. The van der Waals surface area contributed by atoms with E-state index in [0.29, 0.717) is 12.3 Å². The van der Waals surface area contributed by atoms with Crippen molar-refractivity contribution in [3.63, 3.8) is 0 Å². The predicted molar refractivity (Wildman–Crippen MR) is 81.3 cm³/mol. The third-order valence-corrected chi connectivity index (χ3v) is 3.98. The fourth-order valence-corrected chi connectivity index (χ4v) is 2.76. The Bertz CT molecular complexity index is 470. The number of carbonyl (C=O) groups is 2. The molecule has 0 spiro atoms. The van der Waals surface area contributed by atoms with Crippen LogP contribution in [0.5, 0.6) is 0 Å². The highest BCUT2D eigenvalue weighted by Gasteiger charge is 2.19. The van der Waals surface area contributed by atoms with Crippen LogP contribution in [0.25, 0.3) is 0 Å². The van der Waals surface area contributed by atoms with Crippen molar-refractivity contribution in [2.75, 3.05) is 0 Å². The average Bonchev–Trinajstić information content (AvgIpc) is 2.48. The van der Waals surface area contributed by atoms with Crippen LogP contribution in [0.4, 0.5) is 0 Å². The monoisotopic (exact) mass is 289 g/mol. The maximum absolute atomic E-state index is 11.7. The molecule has 21 heavy (non-hydrogen) atoms. The summed E-state index contributed by atoms with van der Waals surface area (Å²) >= 11 is 0. The standard InChI is InChI=1S/C17H23NO3/c19-14-10-11-16(20)15(12-14)18-17(21)9-5-4-8-13-6-2-1-3-7-13/h4-5,8-9,12-14,19H,1-3,6-7,10-11H2,(H,18,21)/b8-4+,9-5+. The number of rotatable bonds is 4. The lowest BCUT2D eigenvalue weighted by Gasteiger charge is -2.17. The molecule has 1 saturated carbocycles. The molecule has 4 nitrogen and oxygen atoms in total. The molecule has 2 N–H and O–H groups in total. The molecule has 0 aromatic heterocycles. The van der Waals surface area contributed by atoms with Crippen LogP contribution >= 0.6 is 0 Å². The highest BCUT2D eigenvalue weighted by molar-refractivity contribution is 6.01. The fraction of sp³-hybridized carbons (Fsp3) is 0.529. The summed E-state index contributed by atoms with van der Waals surface area (Å²) in [6.07, 6.45) is 15.0. The summed E-state index contributed by atoms with van der Waals surface area (Å²) in [5.74, 6) is 0.168. The second kappa shape index (κ2) is 7.93. The van der Waals surface area contributed by atoms with E-state index in [4.69, 9.17) is 0 Å². The Hall–Kier alpha value is -1.68. The van der Waals surface area contributed by atoms with Crippen molar-refractivity contribution in [3.05, 3.63) is 36.1 Å². The van der Waals surface area contributed by atoms with E-state index in [0.717, 1.165) is 0 Å². The van der Waals surface area contributed by atoms with Gasteiger partial charge in [0.1, 0.15) is 0 Å². The summed E-state index contributed by atoms with van der Waals surface area (Å²) in [5.41, 5.74) is 0.208. The van der Waals surface area contributed by atoms with Crippen LogP contribution in [0, 0.1) is 5.92 Å². The van der Waals surface area contributed by atoms with Crippen molar-refractivity contribution in [1.29, 1.82) is 0 Å². The Morgan fingerprint density at radius 1 is 1.19 bits per heavy atom. The summed E-state index contributed by atoms with van der Waals surface area (Å²) in [6.45, 7) is 0. The maximum atomic E-state index is 11.7. The van der Waals surface area contributed by atoms with Crippen molar-refractivity contribution in [2.45, 2.75) is 51.0 Å². The van der Waals surface area contributed by atoms with Crippen molar-refractivity contribution in [2.24, 2.45) is 5.92 Å². The Labute approximate surface area is 125 Å². The Morgan fingerprint density at radius 3 is 2.71 bits per heavy atom. The van der Waals surface area contributed by atoms with Gasteiger partial charge < -0.3 is 10.4 Å². The molecule has 114 valence electrons. The number of aliphatic hydroxyl groups excluding tert-OH is 1. The number of carbonyl (C=O) groups excluding carboxylic acids is 2. The summed E-state index contributed by atoms with van der Waals surface area (Å²) in [7, 11) is 0. The SMILES string of the molecule is O=C(/C=C/C=C/C1CCCCC1)NC1=CC(O)CCC1=O.